The summed E-state index contributed by atoms with van der Waals surface area (Å²) in [4.78, 5) is 25.1. The van der Waals surface area contributed by atoms with Gasteiger partial charge in [-0.3, -0.25) is 25.2 Å². The lowest BCUT2D eigenvalue weighted by atomic mass is 10.00. The number of benzene rings is 2. The number of carbonyl (C=O) groups is 2. The van der Waals surface area contributed by atoms with Gasteiger partial charge in [-0.25, -0.2) is 5.53 Å². The van der Waals surface area contributed by atoms with E-state index in [1.54, 1.807) is 20.9 Å². The number of hydrazine groups is 2. The van der Waals surface area contributed by atoms with Crippen LogP contribution in [0.3, 0.4) is 0 Å². The molecule has 0 aliphatic carbocycles. The topological polar surface area (TPSA) is 107 Å². The Morgan fingerprint density at radius 3 is 2.56 bits per heavy atom. The molecule has 4 N–H and O–H groups in total. The van der Waals surface area contributed by atoms with E-state index in [9.17, 15) is 9.59 Å². The third-order valence-electron chi connectivity index (χ3n) is 4.89. The lowest BCUT2D eigenvalue weighted by molar-refractivity contribution is -0.145. The fraction of sp³-hybridized carbons (Fsp3) is 0.318. The molecule has 0 spiro atoms. The van der Waals surface area contributed by atoms with Crippen molar-refractivity contribution in [3.63, 3.8) is 0 Å². The SMILES string of the molecule is CCOC(=O)[C@H](C)N[C@@H](Cc1ccc(-c2cccc(Cl)c2)cc1)C(=O)NC1=NNNN1C. The highest BCUT2D eigenvalue weighted by Crippen LogP contribution is 2.23. The molecule has 0 unspecified atom stereocenters. The number of ether oxygens (including phenoxy) is 1. The van der Waals surface area contributed by atoms with E-state index in [0.29, 0.717) is 17.4 Å². The first kappa shape index (κ1) is 23.5. The number of esters is 1. The minimum atomic E-state index is -0.692. The molecule has 2 aromatic carbocycles. The predicted octanol–water partition coefficient (Wildman–Crippen LogP) is 1.80. The number of nitrogens with one attached hydrogen (secondary N) is 4. The van der Waals surface area contributed by atoms with E-state index in [0.717, 1.165) is 16.7 Å². The number of carbonyl (C=O) groups excluding carboxylic acids is 2. The van der Waals surface area contributed by atoms with Crippen molar-refractivity contribution in [1.29, 1.82) is 0 Å². The molecule has 1 amide bonds. The molecule has 1 heterocycles. The number of hydrazone groups is 1. The van der Waals surface area contributed by atoms with Crippen LogP contribution in [0, 0.1) is 0 Å². The monoisotopic (exact) mass is 458 g/mol. The van der Waals surface area contributed by atoms with Gasteiger partial charge in [0.2, 0.25) is 11.9 Å². The van der Waals surface area contributed by atoms with Gasteiger partial charge in [0.05, 0.1) is 12.6 Å². The summed E-state index contributed by atoms with van der Waals surface area (Å²) in [5.74, 6) is -0.418. The third kappa shape index (κ3) is 6.19. The van der Waals surface area contributed by atoms with Crippen molar-refractivity contribution >= 4 is 29.4 Å². The summed E-state index contributed by atoms with van der Waals surface area (Å²) in [6, 6.07) is 14.1. The van der Waals surface area contributed by atoms with Crippen LogP contribution in [0.4, 0.5) is 0 Å². The maximum absolute atomic E-state index is 13.0. The van der Waals surface area contributed by atoms with Gasteiger partial charge in [-0.1, -0.05) is 48.0 Å². The van der Waals surface area contributed by atoms with E-state index in [-0.39, 0.29) is 12.5 Å². The summed E-state index contributed by atoms with van der Waals surface area (Å²) < 4.78 is 5.06. The van der Waals surface area contributed by atoms with E-state index < -0.39 is 18.1 Å². The van der Waals surface area contributed by atoms with E-state index in [1.807, 2.05) is 48.5 Å². The summed E-state index contributed by atoms with van der Waals surface area (Å²) in [7, 11) is 1.71. The smallest absolute Gasteiger partial charge is 0.322 e. The van der Waals surface area contributed by atoms with Gasteiger partial charge in [0.15, 0.2) is 0 Å². The van der Waals surface area contributed by atoms with Crippen molar-refractivity contribution in [2.24, 2.45) is 5.10 Å². The zero-order chi connectivity index (χ0) is 23.1. The lowest BCUT2D eigenvalue weighted by Gasteiger charge is -2.23. The summed E-state index contributed by atoms with van der Waals surface area (Å²) >= 11 is 6.09. The number of amides is 1. The second-order valence-corrected chi connectivity index (χ2v) is 7.75. The molecule has 2 aromatic rings. The van der Waals surface area contributed by atoms with Gasteiger partial charge in [-0.05, 0) is 49.1 Å². The minimum Gasteiger partial charge on any atom is -0.465 e. The summed E-state index contributed by atoms with van der Waals surface area (Å²) in [5.41, 5.74) is 8.24. The molecule has 3 rings (SSSR count). The molecule has 9 nitrogen and oxygen atoms in total. The van der Waals surface area contributed by atoms with Gasteiger partial charge in [0, 0.05) is 12.1 Å². The fourth-order valence-electron chi connectivity index (χ4n) is 3.19. The first-order chi connectivity index (χ1) is 15.4. The minimum absolute atomic E-state index is 0.269. The highest BCUT2D eigenvalue weighted by Gasteiger charge is 2.27. The van der Waals surface area contributed by atoms with Crippen LogP contribution in [0.1, 0.15) is 19.4 Å². The van der Waals surface area contributed by atoms with Crippen LogP contribution in [0.2, 0.25) is 5.02 Å². The largest absolute Gasteiger partial charge is 0.465 e. The van der Waals surface area contributed by atoms with Crippen LogP contribution in [-0.4, -0.2) is 48.6 Å². The number of hydrogen-bond acceptors (Lipinski definition) is 8. The zero-order valence-corrected chi connectivity index (χ0v) is 18.9. The molecule has 1 aliphatic heterocycles. The van der Waals surface area contributed by atoms with Crippen molar-refractivity contribution in [3.05, 3.63) is 59.1 Å². The number of halogens is 1. The molecular weight excluding hydrogens is 432 g/mol. The van der Waals surface area contributed by atoms with Crippen LogP contribution < -0.4 is 21.7 Å². The van der Waals surface area contributed by atoms with Crippen LogP contribution >= 0.6 is 11.6 Å². The third-order valence-corrected chi connectivity index (χ3v) is 5.13. The van der Waals surface area contributed by atoms with Crippen molar-refractivity contribution in [2.75, 3.05) is 13.7 Å². The van der Waals surface area contributed by atoms with Gasteiger partial charge >= 0.3 is 5.97 Å². The Hall–Kier alpha value is -3.14. The summed E-state index contributed by atoms with van der Waals surface area (Å²) in [6.45, 7) is 3.68. The predicted molar refractivity (Wildman–Crippen MR) is 123 cm³/mol. The first-order valence-electron chi connectivity index (χ1n) is 10.3. The Morgan fingerprint density at radius 1 is 1.19 bits per heavy atom. The van der Waals surface area contributed by atoms with Crippen molar-refractivity contribution in [3.8, 4) is 11.1 Å². The van der Waals surface area contributed by atoms with Gasteiger partial charge in [-0.2, -0.15) is 0 Å². The fourth-order valence-corrected chi connectivity index (χ4v) is 3.38. The van der Waals surface area contributed by atoms with E-state index in [2.05, 4.69) is 26.8 Å². The molecule has 1 aliphatic rings. The second kappa shape index (κ2) is 10.9. The normalized spacial score (nSPS) is 14.9. The van der Waals surface area contributed by atoms with Crippen LogP contribution in [0.5, 0.6) is 0 Å². The Morgan fingerprint density at radius 2 is 1.94 bits per heavy atom. The van der Waals surface area contributed by atoms with Crippen molar-refractivity contribution < 1.29 is 14.3 Å². The van der Waals surface area contributed by atoms with Crippen LogP contribution in [0.15, 0.2) is 53.6 Å². The molecule has 32 heavy (non-hydrogen) atoms. The van der Waals surface area contributed by atoms with Crippen LogP contribution in [0.25, 0.3) is 11.1 Å². The average molecular weight is 459 g/mol. The number of hydrogen-bond donors (Lipinski definition) is 4. The zero-order valence-electron chi connectivity index (χ0n) is 18.2. The van der Waals surface area contributed by atoms with Gasteiger partial charge in [0.1, 0.15) is 6.04 Å². The van der Waals surface area contributed by atoms with Gasteiger partial charge in [-0.15, -0.1) is 10.6 Å². The van der Waals surface area contributed by atoms with Crippen molar-refractivity contribution in [1.82, 2.24) is 26.7 Å². The first-order valence-corrected chi connectivity index (χ1v) is 10.7. The van der Waals surface area contributed by atoms with Gasteiger partial charge in [0.25, 0.3) is 0 Å². The van der Waals surface area contributed by atoms with Gasteiger partial charge < -0.3 is 4.74 Å². The second-order valence-electron chi connectivity index (χ2n) is 7.31. The molecule has 0 saturated carbocycles. The van der Waals surface area contributed by atoms with E-state index in [4.69, 9.17) is 16.3 Å². The molecule has 170 valence electrons. The molecule has 0 fully saturated rings. The number of guanidine groups is 1. The van der Waals surface area contributed by atoms with Crippen LogP contribution in [-0.2, 0) is 20.7 Å². The number of rotatable bonds is 8. The van der Waals surface area contributed by atoms with E-state index in [1.165, 1.54) is 5.01 Å². The standard InChI is InChI=1S/C22H27ClN6O3/c1-4-32-21(31)14(2)24-19(20(30)25-22-26-27-28-29(22)3)12-15-8-10-16(11-9-15)17-6-5-7-18(23)13-17/h5-11,13-14,19,24,27-28H,4,12H2,1-3H3,(H,25,26,30)/t14-,19-/m0/s1. The summed E-state index contributed by atoms with van der Waals surface area (Å²) in [6.07, 6.45) is 0.364. The molecule has 0 aromatic heterocycles. The average Bonchev–Trinajstić information content (AvgIpc) is 3.18. The highest BCUT2D eigenvalue weighted by atomic mass is 35.5. The molecule has 0 bridgehead atoms. The van der Waals surface area contributed by atoms with Crippen molar-refractivity contribution in [2.45, 2.75) is 32.4 Å². The van der Waals surface area contributed by atoms with E-state index >= 15 is 0 Å². The number of nitrogens with zero attached hydrogens (tertiary/aromatic N) is 2. The maximum Gasteiger partial charge on any atom is 0.322 e. The molecule has 2 atom stereocenters. The Labute approximate surface area is 192 Å². The molecule has 0 saturated heterocycles. The quantitative estimate of drug-likeness (QED) is 0.447. The Balaban J connectivity index is 1.74. The lowest BCUT2D eigenvalue weighted by Crippen LogP contribution is -2.54. The Bertz CT molecular complexity index is 982. The maximum atomic E-state index is 13.0. The highest BCUT2D eigenvalue weighted by molar-refractivity contribution is 6.30. The Kier molecular flexibility index (Phi) is 8.04. The summed E-state index contributed by atoms with van der Waals surface area (Å²) in [5, 5.41) is 12.0. The molecular formula is C22H27ClN6O3. The molecule has 10 heteroatoms. The molecule has 0 radical (unpaired) electrons.